The van der Waals surface area contributed by atoms with E-state index >= 15 is 0 Å². The fourth-order valence-electron chi connectivity index (χ4n) is 1.99. The molecule has 3 nitrogen and oxygen atoms in total. The van der Waals surface area contributed by atoms with Gasteiger partial charge in [0.15, 0.2) is 0 Å². The summed E-state index contributed by atoms with van der Waals surface area (Å²) in [5.74, 6) is 0. The van der Waals surface area contributed by atoms with Crippen LogP contribution in [0.5, 0.6) is 0 Å². The highest BCUT2D eigenvalue weighted by molar-refractivity contribution is 4.97. The average Bonchev–Trinajstić information content (AvgIpc) is 2.43. The minimum atomic E-state index is 0.616. The first-order chi connectivity index (χ1) is 6.38. The lowest BCUT2D eigenvalue weighted by Crippen LogP contribution is -2.23. The predicted molar refractivity (Wildman–Crippen MR) is 52.7 cm³/mol. The van der Waals surface area contributed by atoms with Gasteiger partial charge in [-0.15, -0.1) is 0 Å². The van der Waals surface area contributed by atoms with Crippen molar-refractivity contribution >= 4 is 0 Å². The lowest BCUT2D eigenvalue weighted by molar-refractivity contribution is 0.453. The van der Waals surface area contributed by atoms with Gasteiger partial charge in [-0.2, -0.15) is 0 Å². The summed E-state index contributed by atoms with van der Waals surface area (Å²) in [6.07, 6.45) is 7.81. The number of hydrogen-bond donors (Lipinski definition) is 1. The van der Waals surface area contributed by atoms with Gasteiger partial charge in [-0.25, -0.2) is 4.98 Å². The van der Waals surface area contributed by atoms with Crippen LogP contribution in [-0.4, -0.2) is 22.6 Å². The number of nitrogens with one attached hydrogen (secondary N) is 1. The Hall–Kier alpha value is -0.830. The third kappa shape index (κ3) is 1.91. The molecule has 2 rings (SSSR count). The zero-order valence-corrected chi connectivity index (χ0v) is 8.16. The largest absolute Gasteiger partial charge is 0.331 e. The van der Waals surface area contributed by atoms with Crippen LogP contribution in [0.4, 0.5) is 0 Å². The monoisotopic (exact) mass is 179 g/mol. The summed E-state index contributed by atoms with van der Waals surface area (Å²) >= 11 is 0. The molecule has 1 aliphatic rings. The fraction of sp³-hybridized carbons (Fsp3) is 0.700. The highest BCUT2D eigenvalue weighted by Gasteiger charge is 2.14. The second kappa shape index (κ2) is 3.92. The maximum absolute atomic E-state index is 4.16. The van der Waals surface area contributed by atoms with E-state index in [1.54, 1.807) is 0 Å². The van der Waals surface area contributed by atoms with Gasteiger partial charge in [0.05, 0.1) is 6.33 Å². The van der Waals surface area contributed by atoms with Gasteiger partial charge in [0.2, 0.25) is 0 Å². The van der Waals surface area contributed by atoms with E-state index in [1.165, 1.54) is 31.5 Å². The van der Waals surface area contributed by atoms with Crippen LogP contribution in [0.3, 0.4) is 0 Å². The van der Waals surface area contributed by atoms with Gasteiger partial charge in [0.1, 0.15) is 0 Å². The Morgan fingerprint density at radius 3 is 3.23 bits per heavy atom. The Balaban J connectivity index is 2.10. The number of aromatic nitrogens is 2. The summed E-state index contributed by atoms with van der Waals surface area (Å²) in [7, 11) is 0. The zero-order valence-electron chi connectivity index (χ0n) is 8.16. The molecule has 1 fully saturated rings. The number of aryl methyl sites for hydroxylation is 1. The second-order valence-electron chi connectivity index (χ2n) is 3.80. The van der Waals surface area contributed by atoms with Crippen LogP contribution >= 0.6 is 0 Å². The first kappa shape index (κ1) is 8.75. The van der Waals surface area contributed by atoms with E-state index in [0.29, 0.717) is 6.04 Å². The van der Waals surface area contributed by atoms with Gasteiger partial charge >= 0.3 is 0 Å². The topological polar surface area (TPSA) is 29.9 Å². The third-order valence-electron chi connectivity index (χ3n) is 2.77. The van der Waals surface area contributed by atoms with Crippen molar-refractivity contribution in [2.75, 3.05) is 13.1 Å². The van der Waals surface area contributed by atoms with Crippen LogP contribution in [0.15, 0.2) is 12.5 Å². The molecule has 1 aromatic rings. The van der Waals surface area contributed by atoms with Gasteiger partial charge in [-0.05, 0) is 26.3 Å². The normalized spacial score (nSPS) is 24.2. The van der Waals surface area contributed by atoms with E-state index in [1.807, 2.05) is 12.5 Å². The van der Waals surface area contributed by atoms with Crippen molar-refractivity contribution in [3.8, 4) is 0 Å². The third-order valence-corrected chi connectivity index (χ3v) is 2.77. The van der Waals surface area contributed by atoms with E-state index in [2.05, 4.69) is 21.8 Å². The minimum absolute atomic E-state index is 0.616. The SMILES string of the molecule is Cc1cncn1C1CCCCNC1. The van der Waals surface area contributed by atoms with Crippen LogP contribution in [0.25, 0.3) is 0 Å². The minimum Gasteiger partial charge on any atom is -0.331 e. The standard InChI is InChI=1S/C10H17N3/c1-9-6-12-8-13(9)10-4-2-3-5-11-7-10/h6,8,10-11H,2-5,7H2,1H3. The number of imidazole rings is 1. The molecule has 0 radical (unpaired) electrons. The van der Waals surface area contributed by atoms with Crippen molar-refractivity contribution in [1.29, 1.82) is 0 Å². The highest BCUT2D eigenvalue weighted by atomic mass is 15.1. The van der Waals surface area contributed by atoms with E-state index in [0.717, 1.165) is 6.54 Å². The molecule has 0 saturated carbocycles. The molecule has 1 unspecified atom stereocenters. The fourth-order valence-corrected chi connectivity index (χ4v) is 1.99. The van der Waals surface area contributed by atoms with Gasteiger partial charge < -0.3 is 9.88 Å². The lowest BCUT2D eigenvalue weighted by atomic mass is 10.1. The molecule has 0 bridgehead atoms. The Morgan fingerprint density at radius 2 is 2.46 bits per heavy atom. The first-order valence-corrected chi connectivity index (χ1v) is 5.07. The molecule has 1 aromatic heterocycles. The predicted octanol–water partition coefficient (Wildman–Crippen LogP) is 1.51. The summed E-state index contributed by atoms with van der Waals surface area (Å²) in [4.78, 5) is 4.16. The quantitative estimate of drug-likeness (QED) is 0.708. The molecule has 1 aliphatic heterocycles. The van der Waals surface area contributed by atoms with Crippen LogP contribution < -0.4 is 5.32 Å². The highest BCUT2D eigenvalue weighted by Crippen LogP contribution is 2.18. The Bertz CT molecular complexity index is 259. The zero-order chi connectivity index (χ0) is 9.10. The molecule has 3 heteroatoms. The summed E-state index contributed by atoms with van der Waals surface area (Å²) in [5.41, 5.74) is 1.27. The molecular weight excluding hydrogens is 162 g/mol. The molecule has 0 aromatic carbocycles. The smallest absolute Gasteiger partial charge is 0.0951 e. The molecule has 0 amide bonds. The summed E-state index contributed by atoms with van der Waals surface area (Å²) in [6.45, 7) is 4.39. The molecular formula is C10H17N3. The van der Waals surface area contributed by atoms with Crippen LogP contribution in [0, 0.1) is 6.92 Å². The molecule has 0 spiro atoms. The molecule has 1 N–H and O–H groups in total. The summed E-state index contributed by atoms with van der Waals surface area (Å²) in [5, 5.41) is 3.46. The summed E-state index contributed by atoms with van der Waals surface area (Å²) < 4.78 is 2.29. The van der Waals surface area contributed by atoms with Gasteiger partial charge in [0.25, 0.3) is 0 Å². The van der Waals surface area contributed by atoms with Crippen molar-refractivity contribution < 1.29 is 0 Å². The molecule has 2 heterocycles. The van der Waals surface area contributed by atoms with Crippen LogP contribution in [-0.2, 0) is 0 Å². The number of hydrogen-bond acceptors (Lipinski definition) is 2. The maximum atomic E-state index is 4.16. The van der Waals surface area contributed by atoms with Gasteiger partial charge in [-0.1, -0.05) is 6.42 Å². The Morgan fingerprint density at radius 1 is 1.54 bits per heavy atom. The molecule has 13 heavy (non-hydrogen) atoms. The molecule has 72 valence electrons. The molecule has 0 aliphatic carbocycles. The molecule has 1 atom stereocenters. The van der Waals surface area contributed by atoms with E-state index < -0.39 is 0 Å². The average molecular weight is 179 g/mol. The van der Waals surface area contributed by atoms with Crippen LogP contribution in [0.1, 0.15) is 31.0 Å². The Labute approximate surface area is 79.2 Å². The van der Waals surface area contributed by atoms with Gasteiger partial charge in [0, 0.05) is 24.5 Å². The second-order valence-corrected chi connectivity index (χ2v) is 3.80. The number of nitrogens with zero attached hydrogens (tertiary/aromatic N) is 2. The van der Waals surface area contributed by atoms with Crippen LogP contribution in [0.2, 0.25) is 0 Å². The van der Waals surface area contributed by atoms with Crippen molar-refractivity contribution in [2.45, 2.75) is 32.2 Å². The van der Waals surface area contributed by atoms with E-state index in [9.17, 15) is 0 Å². The maximum Gasteiger partial charge on any atom is 0.0951 e. The first-order valence-electron chi connectivity index (χ1n) is 5.07. The van der Waals surface area contributed by atoms with Gasteiger partial charge in [-0.3, -0.25) is 0 Å². The van der Waals surface area contributed by atoms with E-state index in [4.69, 9.17) is 0 Å². The van der Waals surface area contributed by atoms with Crippen molar-refractivity contribution in [1.82, 2.24) is 14.9 Å². The Kier molecular flexibility index (Phi) is 2.64. The summed E-state index contributed by atoms with van der Waals surface area (Å²) in [6, 6.07) is 0.616. The van der Waals surface area contributed by atoms with Crippen molar-refractivity contribution in [2.24, 2.45) is 0 Å². The van der Waals surface area contributed by atoms with Crippen molar-refractivity contribution in [3.05, 3.63) is 18.2 Å². The molecule has 1 saturated heterocycles. The number of rotatable bonds is 1. The van der Waals surface area contributed by atoms with Crippen molar-refractivity contribution in [3.63, 3.8) is 0 Å². The van der Waals surface area contributed by atoms with E-state index in [-0.39, 0.29) is 0 Å². The lowest BCUT2D eigenvalue weighted by Gasteiger charge is -2.17.